The third-order valence-corrected chi connectivity index (χ3v) is 5.16. The zero-order valence-corrected chi connectivity index (χ0v) is 18.0. The summed E-state index contributed by atoms with van der Waals surface area (Å²) < 4.78 is 5.72. The Kier molecular flexibility index (Phi) is 6.32. The van der Waals surface area contributed by atoms with Gasteiger partial charge in [-0.3, -0.25) is 4.79 Å². The van der Waals surface area contributed by atoms with Gasteiger partial charge in [0.25, 0.3) is 0 Å². The Morgan fingerprint density at radius 1 is 1.03 bits per heavy atom. The summed E-state index contributed by atoms with van der Waals surface area (Å²) >= 11 is 0. The van der Waals surface area contributed by atoms with E-state index in [9.17, 15) is 4.79 Å². The van der Waals surface area contributed by atoms with Gasteiger partial charge in [-0.05, 0) is 53.4 Å². The number of carboxylic acid groups (broad SMARTS) is 1. The topological polar surface area (TPSA) is 149 Å². The lowest BCUT2D eigenvalue weighted by atomic mass is 10.0. The lowest BCUT2D eigenvalue weighted by Crippen LogP contribution is -2.32. The molecule has 0 fully saturated rings. The average Bonchev–Trinajstić information content (AvgIpc) is 2.79. The van der Waals surface area contributed by atoms with Crippen molar-refractivity contribution in [1.82, 2.24) is 15.0 Å². The zero-order valence-electron chi connectivity index (χ0n) is 18.0. The molecule has 0 spiro atoms. The molecule has 168 valence electrons. The number of carboxylic acids is 1. The van der Waals surface area contributed by atoms with E-state index in [-0.39, 0.29) is 24.4 Å². The summed E-state index contributed by atoms with van der Waals surface area (Å²) in [4.78, 5) is 23.4. The number of fused-ring (bicyclic) bond motifs is 1. The van der Waals surface area contributed by atoms with Crippen LogP contribution in [0.3, 0.4) is 0 Å². The molecule has 6 N–H and O–H groups in total. The van der Waals surface area contributed by atoms with E-state index in [2.05, 4.69) is 50.6 Å². The van der Waals surface area contributed by atoms with E-state index in [0.29, 0.717) is 11.7 Å². The maximum Gasteiger partial charge on any atom is 0.328 e. The normalized spacial score (nSPS) is 12.8. The summed E-state index contributed by atoms with van der Waals surface area (Å²) in [6.07, 6.45) is 0.217. The summed E-state index contributed by atoms with van der Waals surface area (Å²) in [5, 5.41) is 14.5. The van der Waals surface area contributed by atoms with Crippen molar-refractivity contribution in [3.63, 3.8) is 0 Å². The molecule has 0 saturated carbocycles. The second-order valence-corrected chi connectivity index (χ2v) is 7.67. The number of nitrogens with one attached hydrogen (secondary N) is 1. The Balaban J connectivity index is 1.46. The number of carbonyl (C=O) groups is 1. The largest absolute Gasteiger partial charge is 0.480 e. The molecule has 0 radical (unpaired) electrons. The van der Waals surface area contributed by atoms with Gasteiger partial charge in [0.1, 0.15) is 11.8 Å². The van der Waals surface area contributed by atoms with Gasteiger partial charge in [-0.25, -0.2) is 0 Å². The van der Waals surface area contributed by atoms with Gasteiger partial charge in [-0.15, -0.1) is 0 Å². The highest BCUT2D eigenvalue weighted by atomic mass is 16.5. The molecule has 3 aromatic carbocycles. The van der Waals surface area contributed by atoms with Crippen LogP contribution in [0.4, 0.5) is 11.9 Å². The minimum Gasteiger partial charge on any atom is -0.480 e. The van der Waals surface area contributed by atoms with Crippen LogP contribution in [0.2, 0.25) is 0 Å². The second kappa shape index (κ2) is 9.49. The van der Waals surface area contributed by atoms with Crippen LogP contribution in [0, 0.1) is 0 Å². The van der Waals surface area contributed by atoms with E-state index in [4.69, 9.17) is 21.3 Å². The number of aromatic nitrogens is 3. The van der Waals surface area contributed by atoms with Crippen molar-refractivity contribution in [3.05, 3.63) is 77.9 Å². The number of ether oxygens (including phenoxy) is 1. The lowest BCUT2D eigenvalue weighted by Gasteiger charge is -2.15. The summed E-state index contributed by atoms with van der Waals surface area (Å²) in [7, 11) is 0. The van der Waals surface area contributed by atoms with Crippen LogP contribution < -0.4 is 21.5 Å². The summed E-state index contributed by atoms with van der Waals surface area (Å²) in [6.45, 7) is 2.01. The number of aliphatic carboxylic acids is 1. The van der Waals surface area contributed by atoms with Crippen LogP contribution in [0.15, 0.2) is 66.7 Å². The molecule has 0 saturated heterocycles. The number of hydrogen-bond donors (Lipinski definition) is 4. The number of rotatable bonds is 8. The predicted octanol–water partition coefficient (Wildman–Crippen LogP) is 3.53. The number of anilines is 2. The fraction of sp³-hybridized carbons (Fsp3) is 0.167. The van der Waals surface area contributed by atoms with Gasteiger partial charge in [-0.1, -0.05) is 48.5 Å². The minimum absolute atomic E-state index is 0.0252. The van der Waals surface area contributed by atoms with Crippen molar-refractivity contribution in [1.29, 1.82) is 0 Å². The first-order chi connectivity index (χ1) is 15.9. The molecule has 0 aliphatic heterocycles. The molecule has 1 heterocycles. The molecule has 4 rings (SSSR count). The average molecular weight is 444 g/mol. The van der Waals surface area contributed by atoms with Gasteiger partial charge >= 0.3 is 12.0 Å². The maximum absolute atomic E-state index is 10.9. The molecule has 4 aromatic rings. The van der Waals surface area contributed by atoms with Gasteiger partial charge in [0.15, 0.2) is 0 Å². The minimum atomic E-state index is -1.05. The first-order valence-corrected chi connectivity index (χ1v) is 10.4. The number of nitrogens with two attached hydrogens (primary N) is 2. The van der Waals surface area contributed by atoms with Gasteiger partial charge in [0, 0.05) is 0 Å². The first-order valence-electron chi connectivity index (χ1n) is 10.4. The molecule has 9 heteroatoms. The molecule has 0 aliphatic rings. The second-order valence-electron chi connectivity index (χ2n) is 7.67. The third kappa shape index (κ3) is 5.52. The van der Waals surface area contributed by atoms with Crippen LogP contribution in [0.1, 0.15) is 24.1 Å². The van der Waals surface area contributed by atoms with Gasteiger partial charge in [-0.2, -0.15) is 15.0 Å². The van der Waals surface area contributed by atoms with E-state index in [1.54, 1.807) is 24.3 Å². The summed E-state index contributed by atoms with van der Waals surface area (Å²) in [5.41, 5.74) is 13.3. The Bertz CT molecular complexity index is 1280. The third-order valence-electron chi connectivity index (χ3n) is 5.16. The molecule has 0 unspecified atom stereocenters. The van der Waals surface area contributed by atoms with Crippen LogP contribution in [0.25, 0.3) is 10.8 Å². The Hall–Kier alpha value is -4.24. The van der Waals surface area contributed by atoms with E-state index in [0.717, 1.165) is 16.5 Å². The SMILES string of the molecule is C[C@@H](Nc1nc(N)nc(Oc2ccc(C[C@H](N)C(=O)O)cc2)n1)c1ccc2ccccc2c1. The Morgan fingerprint density at radius 3 is 2.48 bits per heavy atom. The quantitative estimate of drug-likeness (QED) is 0.320. The molecule has 1 aromatic heterocycles. The van der Waals surface area contributed by atoms with Crippen molar-refractivity contribution in [2.24, 2.45) is 5.73 Å². The van der Waals surface area contributed by atoms with Gasteiger partial charge < -0.3 is 26.6 Å². The van der Waals surface area contributed by atoms with E-state index in [1.165, 1.54) is 5.39 Å². The zero-order chi connectivity index (χ0) is 23.4. The fourth-order valence-corrected chi connectivity index (χ4v) is 3.38. The fourth-order valence-electron chi connectivity index (χ4n) is 3.38. The van der Waals surface area contributed by atoms with Gasteiger partial charge in [0.05, 0.1) is 6.04 Å². The van der Waals surface area contributed by atoms with Crippen LogP contribution in [-0.2, 0) is 11.2 Å². The van der Waals surface area contributed by atoms with E-state index in [1.807, 2.05) is 19.1 Å². The predicted molar refractivity (Wildman–Crippen MR) is 126 cm³/mol. The van der Waals surface area contributed by atoms with Crippen molar-refractivity contribution >= 4 is 28.6 Å². The summed E-state index contributed by atoms with van der Waals surface area (Å²) in [5.74, 6) is -0.254. The highest BCUT2D eigenvalue weighted by Crippen LogP contribution is 2.24. The maximum atomic E-state index is 10.9. The molecule has 0 aliphatic carbocycles. The first kappa shape index (κ1) is 22.0. The van der Waals surface area contributed by atoms with Crippen molar-refractivity contribution in [3.8, 4) is 11.8 Å². The Morgan fingerprint density at radius 2 is 1.76 bits per heavy atom. The van der Waals surface area contributed by atoms with Crippen LogP contribution >= 0.6 is 0 Å². The number of nitrogen functional groups attached to an aromatic ring is 1. The van der Waals surface area contributed by atoms with Crippen molar-refractivity contribution in [2.45, 2.75) is 25.4 Å². The molecule has 33 heavy (non-hydrogen) atoms. The Labute approximate surface area is 190 Å². The smallest absolute Gasteiger partial charge is 0.328 e. The lowest BCUT2D eigenvalue weighted by molar-refractivity contribution is -0.138. The number of nitrogens with zero attached hydrogens (tertiary/aromatic N) is 3. The van der Waals surface area contributed by atoms with E-state index >= 15 is 0 Å². The molecular weight excluding hydrogens is 420 g/mol. The monoisotopic (exact) mass is 444 g/mol. The van der Waals surface area contributed by atoms with Gasteiger partial charge in [0.2, 0.25) is 11.9 Å². The van der Waals surface area contributed by atoms with E-state index < -0.39 is 12.0 Å². The van der Waals surface area contributed by atoms with Crippen molar-refractivity contribution in [2.75, 3.05) is 11.1 Å². The molecule has 9 nitrogen and oxygen atoms in total. The number of benzene rings is 3. The van der Waals surface area contributed by atoms with Crippen molar-refractivity contribution < 1.29 is 14.6 Å². The highest BCUT2D eigenvalue weighted by molar-refractivity contribution is 5.83. The molecule has 0 amide bonds. The van der Waals surface area contributed by atoms with Crippen LogP contribution in [0.5, 0.6) is 11.8 Å². The molecule has 0 bridgehead atoms. The highest BCUT2D eigenvalue weighted by Gasteiger charge is 2.14. The molecule has 2 atom stereocenters. The molecular formula is C24H24N6O3. The standard InChI is InChI=1S/C24H24N6O3/c1-14(17-9-8-16-4-2-3-5-18(16)13-17)27-23-28-22(26)29-24(30-23)33-19-10-6-15(7-11-19)12-20(25)21(31)32/h2-11,13-14,20H,12,25H2,1H3,(H,31,32)(H3,26,27,28,29,30)/t14-,20+/m1/s1. The van der Waals surface area contributed by atoms with Crippen LogP contribution in [-0.4, -0.2) is 32.1 Å². The summed E-state index contributed by atoms with van der Waals surface area (Å²) in [6, 6.07) is 20.3. The number of hydrogen-bond acceptors (Lipinski definition) is 8.